The van der Waals surface area contributed by atoms with Gasteiger partial charge >= 0.3 is 15.8 Å². The van der Waals surface area contributed by atoms with Gasteiger partial charge in [-0.25, -0.2) is 0 Å². The van der Waals surface area contributed by atoms with E-state index in [-0.39, 0.29) is 18.6 Å². The third-order valence-electron chi connectivity index (χ3n) is 6.46. The first-order chi connectivity index (χ1) is 16.2. The summed E-state index contributed by atoms with van der Waals surface area (Å²) < 4.78 is 44.4. The molecule has 1 aromatic heterocycles. The Hall–Kier alpha value is -1.55. The van der Waals surface area contributed by atoms with Crippen molar-refractivity contribution in [2.45, 2.75) is 76.4 Å². The summed E-state index contributed by atoms with van der Waals surface area (Å²) in [5, 5.41) is 1.89. The van der Waals surface area contributed by atoms with Crippen LogP contribution in [0.15, 0.2) is 56.9 Å². The molecule has 0 saturated heterocycles. The Morgan fingerprint density at radius 2 is 1.18 bits per heavy atom. The van der Waals surface area contributed by atoms with Crippen molar-refractivity contribution in [1.29, 1.82) is 0 Å². The molecule has 0 bridgehead atoms. The van der Waals surface area contributed by atoms with Gasteiger partial charge in [-0.15, -0.1) is 0 Å². The van der Waals surface area contributed by atoms with Gasteiger partial charge in [0.2, 0.25) is 0 Å². The molecular formula is C25H32O6P2. The van der Waals surface area contributed by atoms with Gasteiger partial charge in [-0.1, -0.05) is 74.9 Å². The fourth-order valence-electron chi connectivity index (χ4n) is 4.77. The number of para-hydroxylation sites is 2. The largest absolute Gasteiger partial charge is 0.399 e. The molecule has 2 aromatic carbocycles. The predicted molar refractivity (Wildman–Crippen MR) is 131 cm³/mol. The SMILES string of the molecule is O=P(COp1oc2ccccc2c2ccccc2o1)(OC1CCCCC1)OC1CCCCC1. The topological polar surface area (TPSA) is 71.0 Å². The molecule has 1 heterocycles. The lowest BCUT2D eigenvalue weighted by molar-refractivity contribution is 0.0732. The number of rotatable bonds is 7. The lowest BCUT2D eigenvalue weighted by Crippen LogP contribution is -2.22. The van der Waals surface area contributed by atoms with E-state index in [1.54, 1.807) is 0 Å². The second kappa shape index (κ2) is 10.8. The van der Waals surface area contributed by atoms with Gasteiger partial charge < -0.3 is 17.4 Å². The van der Waals surface area contributed by atoms with Crippen molar-refractivity contribution in [2.24, 2.45) is 0 Å². The third kappa shape index (κ3) is 5.93. The summed E-state index contributed by atoms with van der Waals surface area (Å²) in [7, 11) is -5.29. The Labute approximate surface area is 195 Å². The summed E-state index contributed by atoms with van der Waals surface area (Å²) in [5.74, 6) is 0. The molecule has 2 saturated carbocycles. The summed E-state index contributed by atoms with van der Waals surface area (Å²) >= 11 is 0. The number of fused-ring (bicyclic) bond motifs is 3. The van der Waals surface area contributed by atoms with E-state index in [1.807, 2.05) is 48.5 Å². The van der Waals surface area contributed by atoms with Gasteiger partial charge in [-0.3, -0.25) is 9.09 Å². The maximum atomic E-state index is 13.9. The Kier molecular flexibility index (Phi) is 7.59. The monoisotopic (exact) mass is 490 g/mol. The smallest absolute Gasteiger partial charge is 0.388 e. The van der Waals surface area contributed by atoms with Gasteiger partial charge in [0.1, 0.15) is 11.2 Å². The highest BCUT2D eigenvalue weighted by molar-refractivity contribution is 7.54. The van der Waals surface area contributed by atoms with Crippen LogP contribution in [0.3, 0.4) is 0 Å². The van der Waals surface area contributed by atoms with Gasteiger partial charge in [0.05, 0.1) is 12.2 Å². The van der Waals surface area contributed by atoms with Crippen molar-refractivity contribution in [2.75, 3.05) is 6.35 Å². The molecule has 33 heavy (non-hydrogen) atoms. The van der Waals surface area contributed by atoms with Crippen LogP contribution in [0.5, 0.6) is 0 Å². The molecule has 2 aliphatic carbocycles. The number of hydrogen-bond acceptors (Lipinski definition) is 6. The van der Waals surface area contributed by atoms with E-state index in [9.17, 15) is 4.57 Å². The van der Waals surface area contributed by atoms with Gasteiger partial charge in [-0.2, -0.15) is 0 Å². The van der Waals surface area contributed by atoms with E-state index in [4.69, 9.17) is 22.0 Å². The van der Waals surface area contributed by atoms with Crippen LogP contribution in [0.1, 0.15) is 64.2 Å². The van der Waals surface area contributed by atoms with E-state index in [0.29, 0.717) is 11.2 Å². The summed E-state index contributed by atoms with van der Waals surface area (Å²) in [4.78, 5) is 0. The van der Waals surface area contributed by atoms with Crippen molar-refractivity contribution in [3.05, 3.63) is 48.5 Å². The average molecular weight is 490 g/mol. The minimum Gasteiger partial charge on any atom is -0.399 e. The minimum absolute atomic E-state index is 0.0398. The van der Waals surface area contributed by atoms with Crippen molar-refractivity contribution in [1.82, 2.24) is 0 Å². The zero-order valence-corrected chi connectivity index (χ0v) is 20.7. The highest BCUT2D eigenvalue weighted by Gasteiger charge is 2.34. The van der Waals surface area contributed by atoms with Crippen LogP contribution in [-0.2, 0) is 13.6 Å². The highest BCUT2D eigenvalue weighted by Crippen LogP contribution is 2.54. The molecule has 5 rings (SSSR count). The van der Waals surface area contributed by atoms with Crippen molar-refractivity contribution in [3.8, 4) is 0 Å². The Morgan fingerprint density at radius 1 is 0.727 bits per heavy atom. The number of benzene rings is 2. The second-order valence-electron chi connectivity index (χ2n) is 9.00. The van der Waals surface area contributed by atoms with E-state index >= 15 is 0 Å². The first-order valence-corrected chi connectivity index (χ1v) is 14.9. The summed E-state index contributed by atoms with van der Waals surface area (Å²) in [6.45, 7) is 0. The normalized spacial score (nSPS) is 18.7. The standard InChI is InChI=1S/C25H32O6P2/c26-33(30-20-11-3-1-4-12-20,31-21-13-5-2-6-14-21)19-27-32-28-24-17-9-7-15-22(24)23-16-8-10-18-25(23)29-32/h7-10,15-18,20-21H,1-6,11-14,19H2. The van der Waals surface area contributed by atoms with Gasteiger partial charge in [0.15, 0.2) is 6.35 Å². The van der Waals surface area contributed by atoms with Crippen LogP contribution in [0.4, 0.5) is 0 Å². The number of hydrogen-bond donors (Lipinski definition) is 0. The van der Waals surface area contributed by atoms with Crippen molar-refractivity contribution < 1.29 is 26.5 Å². The second-order valence-corrected chi connectivity index (χ2v) is 12.0. The third-order valence-corrected chi connectivity index (χ3v) is 9.37. The van der Waals surface area contributed by atoms with Crippen LogP contribution in [0, 0.1) is 0 Å². The van der Waals surface area contributed by atoms with E-state index in [0.717, 1.165) is 62.1 Å². The Morgan fingerprint density at radius 3 is 1.67 bits per heavy atom. The maximum absolute atomic E-state index is 13.9. The molecule has 0 amide bonds. The molecule has 178 valence electrons. The molecule has 0 spiro atoms. The van der Waals surface area contributed by atoms with E-state index < -0.39 is 15.8 Å². The fraction of sp³-hybridized carbons (Fsp3) is 0.520. The van der Waals surface area contributed by atoms with Crippen molar-refractivity contribution >= 4 is 37.8 Å². The predicted octanol–water partition coefficient (Wildman–Crippen LogP) is 8.57. The molecule has 0 atom stereocenters. The first kappa shape index (κ1) is 23.2. The van der Waals surface area contributed by atoms with Gasteiger partial charge in [-0.05, 0) is 37.8 Å². The molecule has 2 fully saturated rings. The molecule has 0 unspecified atom stereocenters. The van der Waals surface area contributed by atoms with Crippen LogP contribution >= 0.6 is 15.8 Å². The lowest BCUT2D eigenvalue weighted by Gasteiger charge is -2.30. The van der Waals surface area contributed by atoms with Crippen LogP contribution in [0.2, 0.25) is 0 Å². The van der Waals surface area contributed by atoms with Crippen LogP contribution in [0.25, 0.3) is 21.9 Å². The quantitative estimate of drug-likeness (QED) is 0.309. The Bertz CT molecular complexity index is 1070. The molecule has 0 N–H and O–H groups in total. The minimum atomic E-state index is -3.47. The van der Waals surface area contributed by atoms with Gasteiger partial charge in [0.25, 0.3) is 0 Å². The first-order valence-electron chi connectivity index (χ1n) is 12.1. The fourth-order valence-corrected chi connectivity index (χ4v) is 7.99. The van der Waals surface area contributed by atoms with E-state index in [2.05, 4.69) is 0 Å². The lowest BCUT2D eigenvalue weighted by atomic mass is 9.98. The summed E-state index contributed by atoms with van der Waals surface area (Å²) in [5.41, 5.74) is 1.37. The molecule has 2 aliphatic rings. The van der Waals surface area contributed by atoms with E-state index in [1.165, 1.54) is 12.8 Å². The molecule has 3 aromatic rings. The zero-order valence-electron chi connectivity index (χ0n) is 18.9. The van der Waals surface area contributed by atoms with Gasteiger partial charge in [0, 0.05) is 10.8 Å². The molecular weight excluding hydrogens is 458 g/mol. The van der Waals surface area contributed by atoms with Crippen LogP contribution < -0.4 is 4.52 Å². The molecule has 0 radical (unpaired) electrons. The molecule has 8 heteroatoms. The highest BCUT2D eigenvalue weighted by atomic mass is 31.2. The zero-order chi connectivity index (χ0) is 22.5. The maximum Gasteiger partial charge on any atom is 0.388 e. The van der Waals surface area contributed by atoms with Crippen molar-refractivity contribution in [3.63, 3.8) is 0 Å². The summed E-state index contributed by atoms with van der Waals surface area (Å²) in [6, 6.07) is 15.6. The summed E-state index contributed by atoms with van der Waals surface area (Å²) in [6.07, 6.45) is 10.2. The molecule has 6 nitrogen and oxygen atoms in total. The molecule has 0 aliphatic heterocycles. The van der Waals surface area contributed by atoms with Crippen LogP contribution in [-0.4, -0.2) is 18.6 Å². The average Bonchev–Trinajstić information content (AvgIpc) is 3.01. The Balaban J connectivity index is 1.42.